The van der Waals surface area contributed by atoms with Gasteiger partial charge in [-0.3, -0.25) is 4.79 Å². The van der Waals surface area contributed by atoms with Crippen molar-refractivity contribution >= 4 is 17.3 Å². The third-order valence-corrected chi connectivity index (χ3v) is 2.82. The van der Waals surface area contributed by atoms with Crippen LogP contribution in [0.25, 0.3) is 0 Å². The summed E-state index contributed by atoms with van der Waals surface area (Å²) in [6.45, 7) is 3.52. The highest BCUT2D eigenvalue weighted by Crippen LogP contribution is 2.27. The standard InChI is InChI=1S/C14H16N4O2/c1-8-6-11(9(2)18-17-8)14(19)16-12-5-4-10(15)7-13(12)20-3/h4-7H,15H2,1-3H3,(H,16,19). The van der Waals surface area contributed by atoms with Gasteiger partial charge in [-0.25, -0.2) is 0 Å². The molecule has 0 saturated carbocycles. The second-order valence-electron chi connectivity index (χ2n) is 4.40. The smallest absolute Gasteiger partial charge is 0.257 e. The van der Waals surface area contributed by atoms with Crippen LogP contribution in [0.4, 0.5) is 11.4 Å². The minimum absolute atomic E-state index is 0.261. The van der Waals surface area contributed by atoms with Crippen LogP contribution in [-0.4, -0.2) is 23.2 Å². The van der Waals surface area contributed by atoms with E-state index < -0.39 is 0 Å². The second kappa shape index (κ2) is 5.56. The van der Waals surface area contributed by atoms with E-state index in [-0.39, 0.29) is 5.91 Å². The Balaban J connectivity index is 2.30. The Morgan fingerprint density at radius 1 is 1.25 bits per heavy atom. The van der Waals surface area contributed by atoms with Crippen LogP contribution in [0.15, 0.2) is 24.3 Å². The summed E-state index contributed by atoms with van der Waals surface area (Å²) >= 11 is 0. The summed E-state index contributed by atoms with van der Waals surface area (Å²) in [7, 11) is 1.52. The van der Waals surface area contributed by atoms with Crippen LogP contribution in [0.3, 0.4) is 0 Å². The summed E-state index contributed by atoms with van der Waals surface area (Å²) in [4.78, 5) is 12.3. The SMILES string of the molecule is COc1cc(N)ccc1NC(=O)c1cc(C)nnc1C. The number of ether oxygens (including phenoxy) is 1. The quantitative estimate of drug-likeness (QED) is 0.833. The van der Waals surface area contributed by atoms with Gasteiger partial charge in [0, 0.05) is 11.8 Å². The number of methoxy groups -OCH3 is 1. The second-order valence-corrected chi connectivity index (χ2v) is 4.40. The fraction of sp³-hybridized carbons (Fsp3) is 0.214. The van der Waals surface area contributed by atoms with Gasteiger partial charge in [0.1, 0.15) is 5.75 Å². The normalized spacial score (nSPS) is 10.2. The fourth-order valence-corrected chi connectivity index (χ4v) is 1.78. The van der Waals surface area contributed by atoms with E-state index >= 15 is 0 Å². The zero-order chi connectivity index (χ0) is 14.7. The lowest BCUT2D eigenvalue weighted by molar-refractivity contribution is 0.102. The van der Waals surface area contributed by atoms with Crippen LogP contribution < -0.4 is 15.8 Å². The van der Waals surface area contributed by atoms with E-state index in [0.717, 1.165) is 0 Å². The zero-order valence-electron chi connectivity index (χ0n) is 11.6. The van der Waals surface area contributed by atoms with Crippen molar-refractivity contribution in [1.29, 1.82) is 0 Å². The zero-order valence-corrected chi connectivity index (χ0v) is 11.6. The van der Waals surface area contributed by atoms with Gasteiger partial charge in [0.15, 0.2) is 0 Å². The van der Waals surface area contributed by atoms with Gasteiger partial charge in [0.2, 0.25) is 0 Å². The van der Waals surface area contributed by atoms with Crippen molar-refractivity contribution in [2.45, 2.75) is 13.8 Å². The van der Waals surface area contributed by atoms with Crippen molar-refractivity contribution in [1.82, 2.24) is 10.2 Å². The predicted molar refractivity (Wildman–Crippen MR) is 76.9 cm³/mol. The molecule has 0 radical (unpaired) electrons. The molecule has 1 amide bonds. The maximum absolute atomic E-state index is 12.3. The number of aryl methyl sites for hydroxylation is 2. The number of amides is 1. The number of benzene rings is 1. The lowest BCUT2D eigenvalue weighted by Gasteiger charge is -2.11. The van der Waals surface area contributed by atoms with Crippen molar-refractivity contribution in [3.05, 3.63) is 41.2 Å². The van der Waals surface area contributed by atoms with Gasteiger partial charge in [-0.1, -0.05) is 0 Å². The molecule has 104 valence electrons. The minimum Gasteiger partial charge on any atom is -0.494 e. The van der Waals surface area contributed by atoms with Crippen molar-refractivity contribution < 1.29 is 9.53 Å². The van der Waals surface area contributed by atoms with Gasteiger partial charge >= 0.3 is 0 Å². The van der Waals surface area contributed by atoms with E-state index in [4.69, 9.17) is 10.5 Å². The fourth-order valence-electron chi connectivity index (χ4n) is 1.78. The number of hydrogen-bond acceptors (Lipinski definition) is 5. The summed E-state index contributed by atoms with van der Waals surface area (Å²) in [5, 5.41) is 10.6. The van der Waals surface area contributed by atoms with Gasteiger partial charge < -0.3 is 15.8 Å². The van der Waals surface area contributed by atoms with E-state index in [1.807, 2.05) is 0 Å². The number of nitrogens with two attached hydrogens (primary N) is 1. The summed E-state index contributed by atoms with van der Waals surface area (Å²) in [5.74, 6) is 0.248. The number of rotatable bonds is 3. The third kappa shape index (κ3) is 2.85. The molecule has 2 aromatic rings. The Morgan fingerprint density at radius 2 is 2.00 bits per heavy atom. The minimum atomic E-state index is -0.261. The molecule has 0 fully saturated rings. The highest BCUT2D eigenvalue weighted by molar-refractivity contribution is 6.05. The number of carbonyl (C=O) groups is 1. The van der Waals surface area contributed by atoms with Crippen LogP contribution >= 0.6 is 0 Å². The summed E-state index contributed by atoms with van der Waals surface area (Å²) in [5.41, 5.74) is 8.54. The molecule has 6 nitrogen and oxygen atoms in total. The summed E-state index contributed by atoms with van der Waals surface area (Å²) < 4.78 is 5.19. The molecule has 0 spiro atoms. The Bertz CT molecular complexity index is 656. The molecular weight excluding hydrogens is 256 g/mol. The highest BCUT2D eigenvalue weighted by atomic mass is 16.5. The first-order chi connectivity index (χ1) is 9.51. The average molecular weight is 272 g/mol. The monoisotopic (exact) mass is 272 g/mol. The van der Waals surface area contributed by atoms with Crippen LogP contribution in [-0.2, 0) is 0 Å². The Labute approximate surface area is 117 Å². The largest absolute Gasteiger partial charge is 0.494 e. The first kappa shape index (κ1) is 13.8. The van der Waals surface area contributed by atoms with Crippen molar-refractivity contribution in [3.8, 4) is 5.75 Å². The lowest BCUT2D eigenvalue weighted by Crippen LogP contribution is -2.15. The maximum Gasteiger partial charge on any atom is 0.257 e. The molecule has 0 aliphatic carbocycles. The molecule has 0 bridgehead atoms. The molecule has 0 unspecified atom stereocenters. The predicted octanol–water partition coefficient (Wildman–Crippen LogP) is 1.94. The molecule has 1 aromatic heterocycles. The van der Waals surface area contributed by atoms with Gasteiger partial charge in [-0.05, 0) is 32.0 Å². The van der Waals surface area contributed by atoms with Crippen LogP contribution in [0.2, 0.25) is 0 Å². The molecule has 6 heteroatoms. The molecule has 20 heavy (non-hydrogen) atoms. The van der Waals surface area contributed by atoms with E-state index in [2.05, 4.69) is 15.5 Å². The first-order valence-corrected chi connectivity index (χ1v) is 6.07. The van der Waals surface area contributed by atoms with Crippen molar-refractivity contribution in [2.75, 3.05) is 18.2 Å². The van der Waals surface area contributed by atoms with E-state index in [9.17, 15) is 4.79 Å². The van der Waals surface area contributed by atoms with Gasteiger partial charge in [0.05, 0.1) is 29.7 Å². The third-order valence-electron chi connectivity index (χ3n) is 2.82. The number of hydrogen-bond donors (Lipinski definition) is 2. The number of nitrogens with one attached hydrogen (secondary N) is 1. The molecule has 0 saturated heterocycles. The summed E-state index contributed by atoms with van der Waals surface area (Å²) in [6.07, 6.45) is 0. The topological polar surface area (TPSA) is 90.1 Å². The number of aromatic nitrogens is 2. The number of nitrogen functional groups attached to an aromatic ring is 1. The van der Waals surface area contributed by atoms with Gasteiger partial charge in [-0.2, -0.15) is 10.2 Å². The number of nitrogens with zero attached hydrogens (tertiary/aromatic N) is 2. The molecule has 0 aliphatic heterocycles. The number of carbonyl (C=O) groups excluding carboxylic acids is 1. The van der Waals surface area contributed by atoms with E-state index in [1.54, 1.807) is 38.1 Å². The molecule has 2 rings (SSSR count). The van der Waals surface area contributed by atoms with Crippen molar-refractivity contribution in [2.24, 2.45) is 0 Å². The lowest BCUT2D eigenvalue weighted by atomic mass is 10.1. The molecule has 3 N–H and O–H groups in total. The number of anilines is 2. The van der Waals surface area contributed by atoms with Crippen LogP contribution in [0.1, 0.15) is 21.7 Å². The molecule has 1 heterocycles. The molecule has 0 aliphatic rings. The van der Waals surface area contributed by atoms with E-state index in [1.165, 1.54) is 7.11 Å². The molecule has 0 atom stereocenters. The molecular formula is C14H16N4O2. The van der Waals surface area contributed by atoms with E-state index in [0.29, 0.717) is 34.1 Å². The Kier molecular flexibility index (Phi) is 3.84. The Hall–Kier alpha value is -2.63. The van der Waals surface area contributed by atoms with Crippen LogP contribution in [0.5, 0.6) is 5.75 Å². The highest BCUT2D eigenvalue weighted by Gasteiger charge is 2.13. The van der Waals surface area contributed by atoms with Crippen molar-refractivity contribution in [3.63, 3.8) is 0 Å². The van der Waals surface area contributed by atoms with Gasteiger partial charge in [0.25, 0.3) is 5.91 Å². The maximum atomic E-state index is 12.3. The first-order valence-electron chi connectivity index (χ1n) is 6.07. The molecule has 1 aromatic carbocycles. The summed E-state index contributed by atoms with van der Waals surface area (Å²) in [6, 6.07) is 6.74. The Morgan fingerprint density at radius 3 is 2.70 bits per heavy atom. The average Bonchev–Trinajstić information content (AvgIpc) is 2.43. The van der Waals surface area contributed by atoms with Crippen LogP contribution in [0, 0.1) is 13.8 Å². The van der Waals surface area contributed by atoms with Gasteiger partial charge in [-0.15, -0.1) is 0 Å².